The Bertz CT molecular complexity index is 906. The molecule has 0 radical (unpaired) electrons. The molecule has 130 valence electrons. The number of fused-ring (bicyclic) bond motifs is 2. The van der Waals surface area contributed by atoms with Crippen LogP contribution in [0.1, 0.15) is 51.0 Å². The number of imidazole rings is 1. The van der Waals surface area contributed by atoms with Crippen molar-refractivity contribution in [1.29, 1.82) is 0 Å². The predicted octanol–water partition coefficient (Wildman–Crippen LogP) is 3.75. The van der Waals surface area contributed by atoms with Crippen LogP contribution in [0.3, 0.4) is 0 Å². The second kappa shape index (κ2) is 5.22. The number of benzene rings is 1. The van der Waals surface area contributed by atoms with Crippen molar-refractivity contribution < 1.29 is 13.9 Å². The Morgan fingerprint density at radius 1 is 1.44 bits per heavy atom. The molecule has 0 bridgehead atoms. The summed E-state index contributed by atoms with van der Waals surface area (Å²) in [5.41, 5.74) is 0.684. The van der Waals surface area contributed by atoms with Gasteiger partial charge >= 0.3 is 6.09 Å². The van der Waals surface area contributed by atoms with E-state index in [1.807, 2.05) is 20.8 Å². The predicted molar refractivity (Wildman–Crippen MR) is 91.3 cm³/mol. The van der Waals surface area contributed by atoms with Gasteiger partial charge in [0.05, 0.1) is 11.6 Å². The lowest BCUT2D eigenvalue weighted by atomic mass is 10.1. The number of aromatic nitrogens is 2. The van der Waals surface area contributed by atoms with Crippen molar-refractivity contribution in [2.45, 2.75) is 51.3 Å². The van der Waals surface area contributed by atoms with Crippen molar-refractivity contribution in [2.24, 2.45) is 5.92 Å². The molecule has 2 aromatic rings. The zero-order valence-electron chi connectivity index (χ0n) is 14.5. The van der Waals surface area contributed by atoms with Crippen molar-refractivity contribution in [3.05, 3.63) is 29.3 Å². The number of terminal acetylenes is 1. The number of hydrogen-bond acceptors (Lipinski definition) is 3. The average Bonchev–Trinajstić information content (AvgIpc) is 2.98. The molecule has 3 atom stereocenters. The number of piperidine rings is 1. The van der Waals surface area contributed by atoms with Gasteiger partial charge in [0.1, 0.15) is 22.8 Å². The van der Waals surface area contributed by atoms with Crippen LogP contribution in [0.5, 0.6) is 0 Å². The summed E-state index contributed by atoms with van der Waals surface area (Å²) in [4.78, 5) is 21.9. The zero-order chi connectivity index (χ0) is 17.9. The number of carbonyl (C=O) groups excluding carboxylic acids is 1. The maximum absolute atomic E-state index is 14.2. The summed E-state index contributed by atoms with van der Waals surface area (Å²) in [6, 6.07) is 2.95. The van der Waals surface area contributed by atoms with Crippen molar-refractivity contribution >= 4 is 17.1 Å². The fourth-order valence-electron chi connectivity index (χ4n) is 3.61. The number of aromatic amines is 1. The van der Waals surface area contributed by atoms with Gasteiger partial charge < -0.3 is 9.72 Å². The smallest absolute Gasteiger partial charge is 0.411 e. The molecule has 1 aliphatic carbocycles. The molecule has 0 spiro atoms. The van der Waals surface area contributed by atoms with Crippen LogP contribution >= 0.6 is 0 Å². The minimum atomic E-state index is -0.559. The van der Waals surface area contributed by atoms with Crippen LogP contribution in [0.15, 0.2) is 12.1 Å². The summed E-state index contributed by atoms with van der Waals surface area (Å²) >= 11 is 0. The quantitative estimate of drug-likeness (QED) is 0.804. The van der Waals surface area contributed by atoms with Crippen molar-refractivity contribution in [2.75, 3.05) is 0 Å². The molecule has 25 heavy (non-hydrogen) atoms. The summed E-state index contributed by atoms with van der Waals surface area (Å²) in [5, 5.41) is 0. The minimum Gasteiger partial charge on any atom is -0.444 e. The molecule has 2 fully saturated rings. The van der Waals surface area contributed by atoms with Gasteiger partial charge in [-0.05, 0) is 51.7 Å². The van der Waals surface area contributed by atoms with Crippen LogP contribution in [0.4, 0.5) is 9.18 Å². The molecular formula is C19H20FN3O2. The van der Waals surface area contributed by atoms with Gasteiger partial charge in [0.2, 0.25) is 0 Å². The Balaban J connectivity index is 1.69. The highest BCUT2D eigenvalue weighted by Gasteiger charge is 2.56. The van der Waals surface area contributed by atoms with Crippen molar-refractivity contribution in [3.8, 4) is 12.3 Å². The maximum Gasteiger partial charge on any atom is 0.411 e. The Labute approximate surface area is 145 Å². The summed E-state index contributed by atoms with van der Waals surface area (Å²) in [6.45, 7) is 5.54. The lowest BCUT2D eigenvalue weighted by molar-refractivity contribution is 0.0175. The van der Waals surface area contributed by atoms with Gasteiger partial charge in [-0.1, -0.05) is 5.92 Å². The van der Waals surface area contributed by atoms with E-state index in [4.69, 9.17) is 11.2 Å². The molecule has 6 heteroatoms. The third-order valence-electron chi connectivity index (χ3n) is 4.75. The Morgan fingerprint density at radius 3 is 2.88 bits per heavy atom. The third kappa shape index (κ3) is 2.74. The van der Waals surface area contributed by atoms with Crippen molar-refractivity contribution in [3.63, 3.8) is 0 Å². The highest BCUT2D eigenvalue weighted by atomic mass is 19.1. The normalized spacial score (nSPS) is 24.9. The largest absolute Gasteiger partial charge is 0.444 e. The van der Waals surface area contributed by atoms with E-state index in [0.29, 0.717) is 28.3 Å². The van der Waals surface area contributed by atoms with E-state index >= 15 is 0 Å². The number of rotatable bonds is 1. The number of nitrogens with one attached hydrogen (secondary N) is 1. The number of likely N-dealkylation sites (tertiary alicyclic amines) is 1. The second-order valence-corrected chi connectivity index (χ2v) is 7.82. The van der Waals surface area contributed by atoms with Crippen LogP contribution in [-0.4, -0.2) is 32.6 Å². The van der Waals surface area contributed by atoms with Gasteiger partial charge in [0, 0.05) is 11.6 Å². The number of nitrogens with zero attached hydrogens (tertiary/aromatic N) is 2. The van der Waals surface area contributed by atoms with Gasteiger partial charge in [-0.2, -0.15) is 0 Å². The number of hydrogen-bond donors (Lipinski definition) is 1. The van der Waals surface area contributed by atoms with E-state index in [-0.39, 0.29) is 18.2 Å². The Hall–Kier alpha value is -2.55. The van der Waals surface area contributed by atoms with Crippen LogP contribution in [0.25, 0.3) is 11.0 Å². The van der Waals surface area contributed by atoms with Crippen molar-refractivity contribution in [1.82, 2.24) is 14.9 Å². The third-order valence-corrected chi connectivity index (χ3v) is 4.75. The molecule has 2 heterocycles. The van der Waals surface area contributed by atoms with Crippen LogP contribution in [-0.2, 0) is 4.74 Å². The number of amides is 1. The van der Waals surface area contributed by atoms with E-state index in [1.54, 1.807) is 11.0 Å². The maximum atomic E-state index is 14.2. The highest BCUT2D eigenvalue weighted by molar-refractivity contribution is 5.78. The van der Waals surface area contributed by atoms with Gasteiger partial charge in [0.15, 0.2) is 0 Å². The molecule has 1 N–H and O–H groups in total. The molecule has 5 nitrogen and oxygen atoms in total. The Kier molecular flexibility index (Phi) is 3.33. The lowest BCUT2D eigenvalue weighted by Crippen LogP contribution is -2.38. The summed E-state index contributed by atoms with van der Waals surface area (Å²) < 4.78 is 19.8. The van der Waals surface area contributed by atoms with Gasteiger partial charge in [-0.15, -0.1) is 6.42 Å². The van der Waals surface area contributed by atoms with Gasteiger partial charge in [-0.25, -0.2) is 14.2 Å². The standard InChI is InChI=1S/C19H20FN3O2/c1-5-10-6-12(20)16-13(7-10)21-17(22-16)15-9-11-8-14(11)23(15)18(24)25-19(2,3)4/h1,6-7,11,14-15H,8-9H2,2-4H3,(H,21,22)/t11-,14-,15+/m1/s1. The monoisotopic (exact) mass is 341 g/mol. The zero-order valence-corrected chi connectivity index (χ0v) is 14.5. The number of carbonyl (C=O) groups is 1. The first-order chi connectivity index (χ1) is 11.8. The minimum absolute atomic E-state index is 0.194. The molecule has 1 saturated carbocycles. The average molecular weight is 341 g/mol. The molecule has 1 aromatic carbocycles. The summed E-state index contributed by atoms with van der Waals surface area (Å²) in [5.74, 6) is 3.05. The molecule has 1 amide bonds. The van der Waals surface area contributed by atoms with Gasteiger partial charge in [-0.3, -0.25) is 4.90 Å². The second-order valence-electron chi connectivity index (χ2n) is 7.82. The highest BCUT2D eigenvalue weighted by Crippen LogP contribution is 2.53. The first-order valence-electron chi connectivity index (χ1n) is 8.44. The Morgan fingerprint density at radius 2 is 2.20 bits per heavy atom. The molecule has 4 rings (SSSR count). The van der Waals surface area contributed by atoms with E-state index < -0.39 is 11.4 Å². The molecular weight excluding hydrogens is 321 g/mol. The van der Waals surface area contributed by atoms with Crippen LogP contribution in [0.2, 0.25) is 0 Å². The van der Waals surface area contributed by atoms with E-state index in [2.05, 4.69) is 15.9 Å². The molecule has 1 saturated heterocycles. The molecule has 0 unspecified atom stereocenters. The molecule has 1 aliphatic heterocycles. The summed E-state index contributed by atoms with van der Waals surface area (Å²) in [7, 11) is 0. The first-order valence-corrected chi connectivity index (χ1v) is 8.44. The fraction of sp³-hybridized carbons (Fsp3) is 0.474. The molecule has 2 aliphatic rings. The van der Waals surface area contributed by atoms with E-state index in [9.17, 15) is 9.18 Å². The summed E-state index contributed by atoms with van der Waals surface area (Å²) in [6.07, 6.45) is 6.82. The molecule has 1 aromatic heterocycles. The number of ether oxygens (including phenoxy) is 1. The van der Waals surface area contributed by atoms with Crippen LogP contribution < -0.4 is 0 Å². The fourth-order valence-corrected chi connectivity index (χ4v) is 3.61. The van der Waals surface area contributed by atoms with E-state index in [1.165, 1.54) is 6.07 Å². The van der Waals surface area contributed by atoms with Gasteiger partial charge in [0.25, 0.3) is 0 Å². The topological polar surface area (TPSA) is 58.2 Å². The first kappa shape index (κ1) is 15.9. The SMILES string of the molecule is C#Cc1cc(F)c2[nH]c([C@@H]3C[C@H]4C[C@H]4N3C(=O)OC(C)(C)C)nc2c1. The van der Waals surface area contributed by atoms with Crippen LogP contribution in [0, 0.1) is 24.1 Å². The lowest BCUT2D eigenvalue weighted by Gasteiger charge is -2.29. The van der Waals surface area contributed by atoms with E-state index in [0.717, 1.165) is 12.8 Å². The number of H-pyrrole nitrogens is 1. The number of halogens is 1.